The summed E-state index contributed by atoms with van der Waals surface area (Å²) < 4.78 is 63.7. The van der Waals surface area contributed by atoms with E-state index >= 15 is 0 Å². The third kappa shape index (κ3) is 3.83. The number of nitrogens with zero attached hydrogens (tertiary/aromatic N) is 1. The van der Waals surface area contributed by atoms with Crippen molar-refractivity contribution in [1.82, 2.24) is 4.90 Å². The highest BCUT2D eigenvalue weighted by atomic mass is 35.5. The number of benzene rings is 2. The van der Waals surface area contributed by atoms with Crippen molar-refractivity contribution in [3.63, 3.8) is 0 Å². The summed E-state index contributed by atoms with van der Waals surface area (Å²) in [5.74, 6) is 0. The van der Waals surface area contributed by atoms with Gasteiger partial charge in [-0.25, -0.2) is 0 Å². The molecule has 0 aromatic heterocycles. The van der Waals surface area contributed by atoms with Gasteiger partial charge >= 0.3 is 0 Å². The predicted molar refractivity (Wildman–Crippen MR) is 101 cm³/mol. The van der Waals surface area contributed by atoms with Crippen LogP contribution < -0.4 is 0 Å². The van der Waals surface area contributed by atoms with Crippen LogP contribution in [0.3, 0.4) is 0 Å². The smallest absolute Gasteiger partial charge is 0.115 e. The van der Waals surface area contributed by atoms with Crippen LogP contribution in [0.1, 0.15) is 46.8 Å². The van der Waals surface area contributed by atoms with Gasteiger partial charge in [-0.3, -0.25) is 0 Å². The molecule has 1 saturated heterocycles. The van der Waals surface area contributed by atoms with E-state index in [0.717, 1.165) is 16.0 Å². The highest BCUT2D eigenvalue weighted by molar-refractivity contribution is 6.30. The second kappa shape index (κ2) is 7.69. The first kappa shape index (κ1) is 10.6. The Balaban J connectivity index is 1.91. The van der Waals surface area contributed by atoms with Gasteiger partial charge in [0.25, 0.3) is 0 Å². The summed E-state index contributed by atoms with van der Waals surface area (Å²) in [5.41, 5.74) is 0.741. The first-order valence-electron chi connectivity index (χ1n) is 11.4. The fourth-order valence-corrected chi connectivity index (χ4v) is 2.90. The van der Waals surface area contributed by atoms with Crippen LogP contribution in [0.25, 0.3) is 0 Å². The SMILES string of the molecule is [2H]C1([2H])N(C)[C@@]([2H])(CCO[C@](C)(c2ccccc2)c2ccc(Cl)cc2)C([2H])([2H])C1([2H])[2H]. The zero-order chi connectivity index (χ0) is 23.3. The Morgan fingerprint density at radius 2 is 1.88 bits per heavy atom. The molecular weight excluding hydrogens is 318 g/mol. The number of hydrogen-bond acceptors (Lipinski definition) is 2. The molecule has 1 fully saturated rings. The van der Waals surface area contributed by atoms with Gasteiger partial charge in [-0.2, -0.15) is 0 Å². The Bertz CT molecular complexity index is 925. The second-order valence-corrected chi connectivity index (χ2v) is 6.31. The van der Waals surface area contributed by atoms with E-state index in [4.69, 9.17) is 25.9 Å². The van der Waals surface area contributed by atoms with Crippen molar-refractivity contribution >= 4 is 11.6 Å². The highest BCUT2D eigenvalue weighted by Crippen LogP contribution is 2.34. The largest absolute Gasteiger partial charge is 0.366 e. The van der Waals surface area contributed by atoms with Gasteiger partial charge in [-0.15, -0.1) is 0 Å². The van der Waals surface area contributed by atoms with Gasteiger partial charge in [-0.05, 0) is 62.9 Å². The van der Waals surface area contributed by atoms with E-state index in [1.165, 1.54) is 7.05 Å². The predicted octanol–water partition coefficient (Wildman–Crippen LogP) is 5.10. The fourth-order valence-electron chi connectivity index (χ4n) is 2.77. The lowest BCUT2D eigenvalue weighted by molar-refractivity contribution is -0.0117. The average molecular weight is 351 g/mol. The van der Waals surface area contributed by atoms with Crippen molar-refractivity contribution in [3.8, 4) is 0 Å². The van der Waals surface area contributed by atoms with Crippen molar-refractivity contribution in [1.29, 1.82) is 0 Å². The minimum Gasteiger partial charge on any atom is -0.366 e. The van der Waals surface area contributed by atoms with E-state index < -0.39 is 30.9 Å². The summed E-state index contributed by atoms with van der Waals surface area (Å²) in [7, 11) is 1.24. The van der Waals surface area contributed by atoms with Crippen LogP contribution >= 0.6 is 11.6 Å². The molecule has 24 heavy (non-hydrogen) atoms. The molecule has 0 N–H and O–H groups in total. The number of ether oxygens (including phenoxy) is 1. The number of likely N-dealkylation sites (tertiary alicyclic amines) is 1. The van der Waals surface area contributed by atoms with Crippen LogP contribution in [0.4, 0.5) is 0 Å². The van der Waals surface area contributed by atoms with Crippen LogP contribution in [-0.4, -0.2) is 31.1 Å². The molecule has 1 aliphatic heterocycles. The van der Waals surface area contributed by atoms with Crippen LogP contribution in [0, 0.1) is 0 Å². The lowest BCUT2D eigenvalue weighted by atomic mass is 9.88. The standard InChI is InChI=1S/C21H26ClNO/c1-21(17-7-4-3-5-8-17,18-10-12-19(22)13-11-18)24-16-14-20-9-6-15-23(20)2/h3-5,7-8,10-13,20H,6,9,14-16H2,1-2H3/t20-,21-/m1/s1/i6D2,9D2,15D2,20D. The Labute approximate surface area is 160 Å². The molecule has 0 aliphatic carbocycles. The number of rotatable bonds is 6. The normalized spacial score (nSPS) is 34.5. The molecule has 0 amide bonds. The maximum atomic E-state index is 8.72. The Kier molecular flexibility index (Phi) is 3.40. The Hall–Kier alpha value is -1.35. The van der Waals surface area contributed by atoms with Crippen molar-refractivity contribution in [2.75, 3.05) is 20.2 Å². The van der Waals surface area contributed by atoms with Crippen LogP contribution in [0.15, 0.2) is 54.6 Å². The van der Waals surface area contributed by atoms with Crippen molar-refractivity contribution < 1.29 is 14.3 Å². The molecule has 128 valence electrons. The zero-order valence-corrected chi connectivity index (χ0v) is 14.6. The summed E-state index contributed by atoms with van der Waals surface area (Å²) in [6.45, 7) is -0.863. The molecule has 0 spiro atoms. The average Bonchev–Trinajstić information content (AvgIpc) is 2.79. The van der Waals surface area contributed by atoms with E-state index in [9.17, 15) is 0 Å². The molecule has 2 aromatic carbocycles. The molecule has 2 nitrogen and oxygen atoms in total. The minimum absolute atomic E-state index is 0.0898. The molecule has 0 saturated carbocycles. The summed E-state index contributed by atoms with van der Waals surface area (Å²) in [5, 5.41) is 0.578. The van der Waals surface area contributed by atoms with Gasteiger partial charge in [0.1, 0.15) is 5.60 Å². The van der Waals surface area contributed by atoms with Gasteiger partial charge in [0.05, 0.1) is 0 Å². The maximum Gasteiger partial charge on any atom is 0.115 e. The van der Waals surface area contributed by atoms with E-state index in [2.05, 4.69) is 0 Å². The molecular formula is C21H26ClNO. The van der Waals surface area contributed by atoms with E-state index in [0.29, 0.717) is 5.02 Å². The quantitative estimate of drug-likeness (QED) is 0.718. The number of hydrogen-bond donors (Lipinski definition) is 0. The summed E-state index contributed by atoms with van der Waals surface area (Å²) in [4.78, 5) is 0.839. The van der Waals surface area contributed by atoms with Gasteiger partial charge < -0.3 is 9.64 Å². The lowest BCUT2D eigenvalue weighted by Gasteiger charge is -2.32. The zero-order valence-electron chi connectivity index (χ0n) is 20.8. The summed E-state index contributed by atoms with van der Waals surface area (Å²) >= 11 is 6.03. The monoisotopic (exact) mass is 350 g/mol. The van der Waals surface area contributed by atoms with Crippen molar-refractivity contribution in [2.24, 2.45) is 0 Å². The first-order chi connectivity index (χ1) is 14.2. The maximum absolute atomic E-state index is 8.72. The van der Waals surface area contributed by atoms with E-state index in [1.54, 1.807) is 12.1 Å². The molecule has 2 aromatic rings. The highest BCUT2D eigenvalue weighted by Gasteiger charge is 2.30. The van der Waals surface area contributed by atoms with E-state index in [-0.39, 0.29) is 13.0 Å². The molecule has 3 heteroatoms. The molecule has 0 bridgehead atoms. The van der Waals surface area contributed by atoms with Crippen LogP contribution in [0.5, 0.6) is 0 Å². The molecule has 2 atom stereocenters. The van der Waals surface area contributed by atoms with Gasteiger partial charge in [-0.1, -0.05) is 54.1 Å². The minimum atomic E-state index is -2.87. The van der Waals surface area contributed by atoms with Crippen LogP contribution in [-0.2, 0) is 10.3 Å². The van der Waals surface area contributed by atoms with Gasteiger partial charge in [0, 0.05) is 27.2 Å². The summed E-state index contributed by atoms with van der Waals surface area (Å²) in [6, 6.07) is 14.5. The van der Waals surface area contributed by atoms with Crippen molar-refractivity contribution in [3.05, 3.63) is 70.7 Å². The molecule has 1 heterocycles. The van der Waals surface area contributed by atoms with E-state index in [1.807, 2.05) is 49.4 Å². The van der Waals surface area contributed by atoms with Gasteiger partial charge in [0.15, 0.2) is 0 Å². The molecule has 3 rings (SSSR count). The third-order valence-corrected chi connectivity index (χ3v) is 4.54. The second-order valence-electron chi connectivity index (χ2n) is 5.87. The molecule has 0 unspecified atom stereocenters. The third-order valence-electron chi connectivity index (χ3n) is 4.28. The first-order valence-corrected chi connectivity index (χ1v) is 8.29. The topological polar surface area (TPSA) is 12.5 Å². The molecule has 1 aliphatic rings. The fraction of sp³-hybridized carbons (Fsp3) is 0.429. The number of halogens is 1. The Morgan fingerprint density at radius 1 is 1.21 bits per heavy atom. The molecule has 0 radical (unpaired) electrons. The lowest BCUT2D eigenvalue weighted by Crippen LogP contribution is -2.31. The van der Waals surface area contributed by atoms with Crippen molar-refractivity contribution in [2.45, 2.75) is 37.7 Å². The summed E-state index contributed by atoms with van der Waals surface area (Å²) in [6.07, 6.45) is -5.86. The Morgan fingerprint density at radius 3 is 2.50 bits per heavy atom. The van der Waals surface area contributed by atoms with Gasteiger partial charge in [0.2, 0.25) is 0 Å². The van der Waals surface area contributed by atoms with Crippen LogP contribution in [0.2, 0.25) is 5.02 Å².